The van der Waals surface area contributed by atoms with Crippen molar-refractivity contribution in [2.75, 3.05) is 32.7 Å². The van der Waals surface area contributed by atoms with Gasteiger partial charge in [-0.05, 0) is 12.8 Å². The number of carbonyl (C=O) groups is 1. The summed E-state index contributed by atoms with van der Waals surface area (Å²) < 4.78 is 0. The minimum Gasteiger partial charge on any atom is -0.314 e. The number of Topliss-reactive ketones (excluding diaryl/α,β-unsaturated/α-hetero) is 1. The highest BCUT2D eigenvalue weighted by Crippen LogP contribution is 2.14. The Hall–Kier alpha value is -0.410. The van der Waals surface area contributed by atoms with Crippen LogP contribution in [-0.2, 0) is 4.79 Å². The number of hydrogen-bond donors (Lipinski definition) is 1. The third-order valence-corrected chi connectivity index (χ3v) is 3.44. The largest absolute Gasteiger partial charge is 0.314 e. The van der Waals surface area contributed by atoms with Crippen molar-refractivity contribution < 1.29 is 4.79 Å². The molecule has 0 amide bonds. The van der Waals surface area contributed by atoms with Gasteiger partial charge in [0.25, 0.3) is 0 Å². The summed E-state index contributed by atoms with van der Waals surface area (Å²) in [6.07, 6.45) is 4.46. The highest BCUT2D eigenvalue weighted by Gasteiger charge is 2.19. The topological polar surface area (TPSA) is 32.3 Å². The van der Waals surface area contributed by atoms with Gasteiger partial charge in [0.05, 0.1) is 6.54 Å². The van der Waals surface area contributed by atoms with Gasteiger partial charge in [-0.3, -0.25) is 9.69 Å². The van der Waals surface area contributed by atoms with Crippen molar-refractivity contribution in [2.45, 2.75) is 39.5 Å². The molecule has 1 saturated heterocycles. The molecule has 0 aromatic heterocycles. The maximum absolute atomic E-state index is 12.1. The predicted molar refractivity (Wildman–Crippen MR) is 67.6 cm³/mol. The van der Waals surface area contributed by atoms with Gasteiger partial charge < -0.3 is 5.32 Å². The first-order valence-electron chi connectivity index (χ1n) is 6.73. The highest BCUT2D eigenvalue weighted by molar-refractivity contribution is 5.82. The number of hydrogen-bond acceptors (Lipinski definition) is 3. The van der Waals surface area contributed by atoms with Crippen molar-refractivity contribution in [2.24, 2.45) is 5.92 Å². The molecule has 16 heavy (non-hydrogen) atoms. The summed E-state index contributed by atoms with van der Waals surface area (Å²) in [5.41, 5.74) is 0. The van der Waals surface area contributed by atoms with Crippen LogP contribution in [0.25, 0.3) is 0 Å². The van der Waals surface area contributed by atoms with Gasteiger partial charge in [-0.1, -0.05) is 26.7 Å². The van der Waals surface area contributed by atoms with Crippen LogP contribution in [0.15, 0.2) is 0 Å². The molecule has 0 bridgehead atoms. The third kappa shape index (κ3) is 4.62. The van der Waals surface area contributed by atoms with Crippen LogP contribution in [0, 0.1) is 5.92 Å². The summed E-state index contributed by atoms with van der Waals surface area (Å²) in [7, 11) is 0. The van der Waals surface area contributed by atoms with Crippen molar-refractivity contribution in [3.05, 3.63) is 0 Å². The molecule has 94 valence electrons. The Labute approximate surface area is 99.6 Å². The van der Waals surface area contributed by atoms with E-state index in [1.807, 2.05) is 0 Å². The van der Waals surface area contributed by atoms with Gasteiger partial charge in [-0.2, -0.15) is 0 Å². The second kappa shape index (κ2) is 7.80. The van der Waals surface area contributed by atoms with E-state index < -0.39 is 0 Å². The molecule has 3 heteroatoms. The normalized spacial score (nSPS) is 19.6. The van der Waals surface area contributed by atoms with E-state index >= 15 is 0 Å². The van der Waals surface area contributed by atoms with Crippen molar-refractivity contribution in [3.8, 4) is 0 Å². The van der Waals surface area contributed by atoms with Crippen molar-refractivity contribution in [1.82, 2.24) is 10.2 Å². The lowest BCUT2D eigenvalue weighted by Gasteiger charge is -2.27. The first kappa shape index (κ1) is 13.7. The molecular weight excluding hydrogens is 200 g/mol. The zero-order valence-corrected chi connectivity index (χ0v) is 10.8. The van der Waals surface area contributed by atoms with Crippen LogP contribution in [-0.4, -0.2) is 43.4 Å². The maximum Gasteiger partial charge on any atom is 0.149 e. The molecule has 0 aliphatic carbocycles. The fraction of sp³-hybridized carbons (Fsp3) is 0.923. The fourth-order valence-electron chi connectivity index (χ4n) is 2.26. The lowest BCUT2D eigenvalue weighted by molar-refractivity contribution is -0.124. The Balaban J connectivity index is 2.29. The zero-order chi connectivity index (χ0) is 11.8. The molecule has 1 atom stereocenters. The smallest absolute Gasteiger partial charge is 0.149 e. The molecule has 1 fully saturated rings. The lowest BCUT2D eigenvalue weighted by atomic mass is 9.94. The van der Waals surface area contributed by atoms with Crippen LogP contribution in [0.1, 0.15) is 39.5 Å². The summed E-state index contributed by atoms with van der Waals surface area (Å²) in [4.78, 5) is 14.4. The van der Waals surface area contributed by atoms with Gasteiger partial charge in [-0.25, -0.2) is 0 Å². The summed E-state index contributed by atoms with van der Waals surface area (Å²) >= 11 is 0. The summed E-state index contributed by atoms with van der Waals surface area (Å²) in [6, 6.07) is 0. The van der Waals surface area contributed by atoms with Crippen LogP contribution in [0.3, 0.4) is 0 Å². The van der Waals surface area contributed by atoms with E-state index in [1.165, 1.54) is 12.8 Å². The number of ketones is 1. The van der Waals surface area contributed by atoms with Crippen molar-refractivity contribution in [1.29, 1.82) is 0 Å². The molecule has 0 saturated carbocycles. The quantitative estimate of drug-likeness (QED) is 0.717. The van der Waals surface area contributed by atoms with Crippen molar-refractivity contribution >= 4 is 5.78 Å². The van der Waals surface area contributed by atoms with E-state index in [1.54, 1.807) is 0 Å². The Kier molecular flexibility index (Phi) is 6.65. The highest BCUT2D eigenvalue weighted by atomic mass is 16.1. The molecule has 0 radical (unpaired) electrons. The second-order valence-electron chi connectivity index (χ2n) is 4.74. The van der Waals surface area contributed by atoms with Crippen LogP contribution < -0.4 is 5.32 Å². The molecule has 1 heterocycles. The maximum atomic E-state index is 12.1. The van der Waals surface area contributed by atoms with Gasteiger partial charge in [0.1, 0.15) is 5.78 Å². The second-order valence-corrected chi connectivity index (χ2v) is 4.74. The standard InChI is InChI=1S/C13H26N2O/c1-3-5-6-12(4-2)13(16)11-15-9-7-14-8-10-15/h12,14H,3-11H2,1-2H3. The number of nitrogens with one attached hydrogen (secondary N) is 1. The van der Waals surface area contributed by atoms with E-state index in [9.17, 15) is 4.79 Å². The van der Waals surface area contributed by atoms with Gasteiger partial charge in [0.2, 0.25) is 0 Å². The summed E-state index contributed by atoms with van der Waals surface area (Å²) in [6.45, 7) is 9.09. The van der Waals surface area contributed by atoms with E-state index in [-0.39, 0.29) is 0 Å². The van der Waals surface area contributed by atoms with Crippen molar-refractivity contribution in [3.63, 3.8) is 0 Å². The van der Waals surface area contributed by atoms with E-state index in [0.29, 0.717) is 18.2 Å². The van der Waals surface area contributed by atoms with E-state index in [2.05, 4.69) is 24.1 Å². The average molecular weight is 226 g/mol. The molecule has 1 unspecified atom stereocenters. The first-order chi connectivity index (χ1) is 7.77. The van der Waals surface area contributed by atoms with Crippen LogP contribution in [0.5, 0.6) is 0 Å². The Bertz CT molecular complexity index is 200. The van der Waals surface area contributed by atoms with Crippen LogP contribution >= 0.6 is 0 Å². The number of carbonyl (C=O) groups excluding carboxylic acids is 1. The Morgan fingerprint density at radius 1 is 1.31 bits per heavy atom. The molecule has 1 rings (SSSR count). The van der Waals surface area contributed by atoms with E-state index in [0.717, 1.165) is 39.0 Å². The van der Waals surface area contributed by atoms with Gasteiger partial charge >= 0.3 is 0 Å². The number of unbranched alkanes of at least 4 members (excludes halogenated alkanes) is 1. The first-order valence-corrected chi connectivity index (χ1v) is 6.73. The number of piperazine rings is 1. The lowest BCUT2D eigenvalue weighted by Crippen LogP contribution is -2.46. The Morgan fingerprint density at radius 2 is 2.00 bits per heavy atom. The monoisotopic (exact) mass is 226 g/mol. The van der Waals surface area contributed by atoms with E-state index in [4.69, 9.17) is 0 Å². The molecule has 1 N–H and O–H groups in total. The van der Waals surface area contributed by atoms with Gasteiger partial charge in [-0.15, -0.1) is 0 Å². The molecule has 0 spiro atoms. The van der Waals surface area contributed by atoms with Gasteiger partial charge in [0.15, 0.2) is 0 Å². The third-order valence-electron chi connectivity index (χ3n) is 3.44. The zero-order valence-electron chi connectivity index (χ0n) is 10.8. The average Bonchev–Trinajstić information content (AvgIpc) is 2.31. The predicted octanol–water partition coefficient (Wildman–Crippen LogP) is 1.68. The molecular formula is C13H26N2O. The molecule has 0 aromatic rings. The molecule has 0 aromatic carbocycles. The minimum absolute atomic E-state index is 0.301. The number of rotatable bonds is 7. The molecule has 1 aliphatic heterocycles. The fourth-order valence-corrected chi connectivity index (χ4v) is 2.26. The minimum atomic E-state index is 0.301. The SMILES string of the molecule is CCCCC(CC)C(=O)CN1CCNCC1. The molecule has 3 nitrogen and oxygen atoms in total. The number of nitrogens with zero attached hydrogens (tertiary/aromatic N) is 1. The van der Waals surface area contributed by atoms with Crippen LogP contribution in [0.2, 0.25) is 0 Å². The van der Waals surface area contributed by atoms with Gasteiger partial charge in [0, 0.05) is 32.1 Å². The van der Waals surface area contributed by atoms with Crippen LogP contribution in [0.4, 0.5) is 0 Å². The molecule has 1 aliphatic rings. The summed E-state index contributed by atoms with van der Waals surface area (Å²) in [5.74, 6) is 0.757. The summed E-state index contributed by atoms with van der Waals surface area (Å²) in [5, 5.41) is 3.31. The Morgan fingerprint density at radius 3 is 2.56 bits per heavy atom.